The summed E-state index contributed by atoms with van der Waals surface area (Å²) in [7, 11) is 0. The molecule has 4 nitrogen and oxygen atoms in total. The van der Waals surface area contributed by atoms with Crippen molar-refractivity contribution >= 4 is 28.9 Å². The van der Waals surface area contributed by atoms with Crippen LogP contribution in [-0.2, 0) is 0 Å². The van der Waals surface area contributed by atoms with E-state index in [1.807, 2.05) is 38.1 Å². The van der Waals surface area contributed by atoms with Crippen molar-refractivity contribution < 1.29 is 4.79 Å². The van der Waals surface area contributed by atoms with Gasteiger partial charge in [0.2, 0.25) is 0 Å². The van der Waals surface area contributed by atoms with Gasteiger partial charge in [-0.1, -0.05) is 29.3 Å². The first-order chi connectivity index (χ1) is 10.1. The molecule has 0 radical (unpaired) electrons. The summed E-state index contributed by atoms with van der Waals surface area (Å²) >= 11 is 5.99. The van der Waals surface area contributed by atoms with E-state index < -0.39 is 0 Å². The summed E-state index contributed by atoms with van der Waals surface area (Å²) < 4.78 is 0. The highest BCUT2D eigenvalue weighted by atomic mass is 35.5. The average molecular weight is 304 g/mol. The molecule has 0 fully saturated rings. The topological polar surface area (TPSA) is 58.4 Å². The number of rotatable bonds is 4. The molecule has 0 saturated heterocycles. The fourth-order valence-corrected chi connectivity index (χ4v) is 2.30. The van der Waals surface area contributed by atoms with Crippen molar-refractivity contribution in [2.45, 2.75) is 13.8 Å². The van der Waals surface area contributed by atoms with Gasteiger partial charge in [-0.15, -0.1) is 0 Å². The van der Waals surface area contributed by atoms with Crippen LogP contribution in [0.4, 0.5) is 11.4 Å². The number of halogens is 1. The van der Waals surface area contributed by atoms with E-state index in [0.29, 0.717) is 22.8 Å². The first kappa shape index (κ1) is 15.4. The van der Waals surface area contributed by atoms with Gasteiger partial charge in [-0.25, -0.2) is 0 Å². The lowest BCUT2D eigenvalue weighted by atomic mass is 10.1. The number of anilines is 2. The molecular weight excluding hydrogens is 286 g/mol. The summed E-state index contributed by atoms with van der Waals surface area (Å²) in [5.74, 6) is 5.33. The van der Waals surface area contributed by atoms with E-state index in [9.17, 15) is 4.79 Å². The summed E-state index contributed by atoms with van der Waals surface area (Å²) in [6.45, 7) is 4.49. The molecule has 0 saturated carbocycles. The Kier molecular flexibility index (Phi) is 4.83. The van der Waals surface area contributed by atoms with Crippen LogP contribution in [0.1, 0.15) is 22.8 Å². The Bertz CT molecular complexity index is 640. The van der Waals surface area contributed by atoms with Crippen molar-refractivity contribution in [3.05, 3.63) is 58.6 Å². The number of nitrogen functional groups attached to an aromatic ring is 1. The number of hydrogen-bond donors (Lipinski definition) is 2. The fraction of sp³-hybridized carbons (Fsp3) is 0.188. The molecule has 1 amide bonds. The van der Waals surface area contributed by atoms with Gasteiger partial charge >= 0.3 is 0 Å². The van der Waals surface area contributed by atoms with Gasteiger partial charge in [-0.3, -0.25) is 10.6 Å². The van der Waals surface area contributed by atoms with Gasteiger partial charge in [0.1, 0.15) is 0 Å². The molecule has 0 spiro atoms. The Hall–Kier alpha value is -2.04. The van der Waals surface area contributed by atoms with Gasteiger partial charge in [-0.2, -0.15) is 0 Å². The van der Waals surface area contributed by atoms with Crippen LogP contribution in [0.25, 0.3) is 0 Å². The number of carbonyl (C=O) groups is 1. The van der Waals surface area contributed by atoms with Gasteiger partial charge in [0, 0.05) is 17.3 Å². The van der Waals surface area contributed by atoms with Crippen molar-refractivity contribution in [3.63, 3.8) is 0 Å². The van der Waals surface area contributed by atoms with E-state index >= 15 is 0 Å². The molecule has 2 aromatic carbocycles. The predicted molar refractivity (Wildman–Crippen MR) is 87.8 cm³/mol. The summed E-state index contributed by atoms with van der Waals surface area (Å²) in [6, 6.07) is 12.8. The smallest absolute Gasteiger partial charge is 0.260 e. The van der Waals surface area contributed by atoms with Crippen LogP contribution in [0.3, 0.4) is 0 Å². The molecule has 110 valence electrons. The quantitative estimate of drug-likeness (QED) is 0.670. The second-order valence-corrected chi connectivity index (χ2v) is 5.16. The van der Waals surface area contributed by atoms with E-state index in [1.54, 1.807) is 23.1 Å². The number of nitrogens with two attached hydrogens (primary N) is 1. The van der Waals surface area contributed by atoms with E-state index in [0.717, 1.165) is 11.3 Å². The standard InChI is InChI=1S/C16H18ClN3O/c1-3-20(13-7-4-11(2)5-8-13)16(21)14-10-12(17)6-9-15(14)19-18/h4-10,19H,3,18H2,1-2H3. The lowest BCUT2D eigenvalue weighted by Crippen LogP contribution is -2.31. The van der Waals surface area contributed by atoms with Crippen molar-refractivity contribution in [2.24, 2.45) is 5.84 Å². The Morgan fingerprint density at radius 1 is 1.24 bits per heavy atom. The third-order valence-corrected chi connectivity index (χ3v) is 3.51. The summed E-state index contributed by atoms with van der Waals surface area (Å²) in [6.07, 6.45) is 0. The molecule has 0 aliphatic heterocycles. The molecule has 0 unspecified atom stereocenters. The van der Waals surface area contributed by atoms with Crippen LogP contribution in [0.5, 0.6) is 0 Å². The summed E-state index contributed by atoms with van der Waals surface area (Å²) in [5.41, 5.74) is 5.53. The maximum Gasteiger partial charge on any atom is 0.260 e. The van der Waals surface area contributed by atoms with E-state index in [4.69, 9.17) is 17.4 Å². The van der Waals surface area contributed by atoms with Crippen LogP contribution in [0.15, 0.2) is 42.5 Å². The van der Waals surface area contributed by atoms with Gasteiger partial charge < -0.3 is 10.3 Å². The third-order valence-electron chi connectivity index (χ3n) is 3.27. The number of hydrazine groups is 1. The summed E-state index contributed by atoms with van der Waals surface area (Å²) in [5, 5.41) is 0.498. The number of nitrogens with zero attached hydrogens (tertiary/aromatic N) is 1. The Morgan fingerprint density at radius 3 is 2.48 bits per heavy atom. The van der Waals surface area contributed by atoms with Gasteiger partial charge in [0.05, 0.1) is 11.3 Å². The zero-order chi connectivity index (χ0) is 15.4. The number of hydrogen-bond acceptors (Lipinski definition) is 3. The largest absolute Gasteiger partial charge is 0.323 e. The van der Waals surface area contributed by atoms with Crippen LogP contribution in [0, 0.1) is 6.92 Å². The fourth-order valence-electron chi connectivity index (χ4n) is 2.13. The first-order valence-electron chi connectivity index (χ1n) is 6.71. The maximum atomic E-state index is 12.8. The minimum Gasteiger partial charge on any atom is -0.323 e. The van der Waals surface area contributed by atoms with Gasteiger partial charge in [0.15, 0.2) is 0 Å². The van der Waals surface area contributed by atoms with E-state index in [1.165, 1.54) is 0 Å². The monoisotopic (exact) mass is 303 g/mol. The van der Waals surface area contributed by atoms with E-state index in [2.05, 4.69) is 5.43 Å². The van der Waals surface area contributed by atoms with Crippen molar-refractivity contribution in [1.29, 1.82) is 0 Å². The first-order valence-corrected chi connectivity index (χ1v) is 7.09. The molecule has 0 aromatic heterocycles. The molecule has 0 atom stereocenters. The molecule has 0 aliphatic rings. The molecule has 5 heteroatoms. The second kappa shape index (κ2) is 6.61. The lowest BCUT2D eigenvalue weighted by Gasteiger charge is -2.22. The molecule has 0 aliphatic carbocycles. The average Bonchev–Trinajstić information content (AvgIpc) is 2.49. The van der Waals surface area contributed by atoms with Crippen molar-refractivity contribution in [2.75, 3.05) is 16.9 Å². The summed E-state index contributed by atoms with van der Waals surface area (Å²) in [4.78, 5) is 14.5. The lowest BCUT2D eigenvalue weighted by molar-refractivity contribution is 0.0989. The van der Waals surface area contributed by atoms with Crippen LogP contribution in [-0.4, -0.2) is 12.5 Å². The normalized spacial score (nSPS) is 10.3. The van der Waals surface area contributed by atoms with Crippen LogP contribution in [0.2, 0.25) is 5.02 Å². The number of amides is 1. The molecular formula is C16H18ClN3O. The zero-order valence-electron chi connectivity index (χ0n) is 12.1. The predicted octanol–water partition coefficient (Wildman–Crippen LogP) is 3.60. The molecule has 2 rings (SSSR count). The molecule has 2 aromatic rings. The Morgan fingerprint density at radius 2 is 1.90 bits per heavy atom. The Labute approximate surface area is 129 Å². The second-order valence-electron chi connectivity index (χ2n) is 4.72. The molecule has 3 N–H and O–H groups in total. The van der Waals surface area contributed by atoms with Crippen molar-refractivity contribution in [1.82, 2.24) is 0 Å². The SMILES string of the molecule is CCN(C(=O)c1cc(Cl)ccc1NN)c1ccc(C)cc1. The minimum absolute atomic E-state index is 0.142. The van der Waals surface area contributed by atoms with E-state index in [-0.39, 0.29) is 5.91 Å². The minimum atomic E-state index is -0.142. The zero-order valence-corrected chi connectivity index (χ0v) is 12.8. The number of carbonyl (C=O) groups excluding carboxylic acids is 1. The maximum absolute atomic E-state index is 12.8. The van der Waals surface area contributed by atoms with Crippen molar-refractivity contribution in [3.8, 4) is 0 Å². The number of benzene rings is 2. The number of nitrogens with one attached hydrogen (secondary N) is 1. The highest BCUT2D eigenvalue weighted by molar-refractivity contribution is 6.31. The van der Waals surface area contributed by atoms with Gasteiger partial charge in [0.25, 0.3) is 5.91 Å². The van der Waals surface area contributed by atoms with Crippen LogP contribution < -0.4 is 16.2 Å². The third kappa shape index (κ3) is 3.35. The number of aryl methyl sites for hydroxylation is 1. The van der Waals surface area contributed by atoms with Gasteiger partial charge in [-0.05, 0) is 44.2 Å². The molecule has 0 heterocycles. The Balaban J connectivity index is 2.41. The molecule has 0 bridgehead atoms. The van der Waals surface area contributed by atoms with Crippen LogP contribution >= 0.6 is 11.6 Å². The highest BCUT2D eigenvalue weighted by Gasteiger charge is 2.19. The highest BCUT2D eigenvalue weighted by Crippen LogP contribution is 2.24. The molecule has 21 heavy (non-hydrogen) atoms.